The van der Waals surface area contributed by atoms with Gasteiger partial charge in [-0.2, -0.15) is 13.2 Å². The summed E-state index contributed by atoms with van der Waals surface area (Å²) in [6, 6.07) is 0. The molecule has 1 fully saturated rings. The number of hydrogen-bond acceptors (Lipinski definition) is 2. The van der Waals surface area contributed by atoms with Crippen LogP contribution in [0.25, 0.3) is 0 Å². The molecule has 1 heterocycles. The van der Waals surface area contributed by atoms with Crippen LogP contribution in [0.3, 0.4) is 0 Å². The fourth-order valence-electron chi connectivity index (χ4n) is 1.18. The third-order valence-electron chi connectivity index (χ3n) is 1.77. The van der Waals surface area contributed by atoms with Crippen molar-refractivity contribution in [1.82, 2.24) is 4.90 Å². The molecule has 13 heavy (non-hydrogen) atoms. The monoisotopic (exact) mass is 197 g/mol. The SMILES string of the molecule is CC1CN(C(=O)C(F)(F)F)CCO1. The van der Waals surface area contributed by atoms with Gasteiger partial charge in [0.25, 0.3) is 0 Å². The highest BCUT2D eigenvalue weighted by Gasteiger charge is 2.43. The highest BCUT2D eigenvalue weighted by Crippen LogP contribution is 2.19. The highest BCUT2D eigenvalue weighted by molar-refractivity contribution is 5.81. The zero-order valence-corrected chi connectivity index (χ0v) is 7.10. The fourth-order valence-corrected chi connectivity index (χ4v) is 1.18. The summed E-state index contributed by atoms with van der Waals surface area (Å²) in [5.41, 5.74) is 0. The molecular weight excluding hydrogens is 187 g/mol. The molecule has 0 aromatic carbocycles. The lowest BCUT2D eigenvalue weighted by molar-refractivity contribution is -0.190. The van der Waals surface area contributed by atoms with Crippen LogP contribution in [-0.2, 0) is 9.53 Å². The Labute approximate surface area is 73.5 Å². The molecule has 1 unspecified atom stereocenters. The summed E-state index contributed by atoms with van der Waals surface area (Å²) in [5, 5.41) is 0. The Morgan fingerprint density at radius 1 is 1.54 bits per heavy atom. The predicted octanol–water partition coefficient (Wildman–Crippen LogP) is 0.796. The molecule has 1 amide bonds. The van der Waals surface area contributed by atoms with E-state index in [-0.39, 0.29) is 25.8 Å². The van der Waals surface area contributed by atoms with Gasteiger partial charge in [-0.1, -0.05) is 0 Å². The van der Waals surface area contributed by atoms with E-state index in [0.29, 0.717) is 0 Å². The number of carbonyl (C=O) groups is 1. The maximum Gasteiger partial charge on any atom is 0.471 e. The van der Waals surface area contributed by atoms with Gasteiger partial charge < -0.3 is 9.64 Å². The lowest BCUT2D eigenvalue weighted by atomic mass is 10.3. The Morgan fingerprint density at radius 2 is 2.15 bits per heavy atom. The van der Waals surface area contributed by atoms with Gasteiger partial charge in [0, 0.05) is 13.1 Å². The van der Waals surface area contributed by atoms with E-state index in [0.717, 1.165) is 4.90 Å². The molecule has 76 valence electrons. The average Bonchev–Trinajstić information content (AvgIpc) is 2.01. The zero-order chi connectivity index (χ0) is 10.1. The number of rotatable bonds is 0. The first-order valence-corrected chi connectivity index (χ1v) is 3.89. The summed E-state index contributed by atoms with van der Waals surface area (Å²) < 4.78 is 40.8. The van der Waals surface area contributed by atoms with Crippen LogP contribution in [0.1, 0.15) is 6.92 Å². The van der Waals surface area contributed by atoms with Crippen LogP contribution < -0.4 is 0 Å². The molecule has 0 aromatic rings. The average molecular weight is 197 g/mol. The van der Waals surface area contributed by atoms with Crippen molar-refractivity contribution in [2.45, 2.75) is 19.2 Å². The molecule has 0 saturated carbocycles. The minimum absolute atomic E-state index is 0.0122. The predicted molar refractivity (Wildman–Crippen MR) is 38.0 cm³/mol. The maximum atomic E-state index is 11.9. The molecule has 1 atom stereocenters. The minimum Gasteiger partial charge on any atom is -0.375 e. The van der Waals surface area contributed by atoms with Gasteiger partial charge in [0.05, 0.1) is 12.7 Å². The van der Waals surface area contributed by atoms with Crippen LogP contribution in [-0.4, -0.2) is 42.8 Å². The Balaban J connectivity index is 2.56. The standard InChI is InChI=1S/C7H10F3NO2/c1-5-4-11(2-3-13-5)6(12)7(8,9)10/h5H,2-4H2,1H3. The Morgan fingerprint density at radius 3 is 2.62 bits per heavy atom. The van der Waals surface area contributed by atoms with Crippen molar-refractivity contribution in [3.8, 4) is 0 Å². The molecule has 1 aliphatic rings. The van der Waals surface area contributed by atoms with Gasteiger partial charge in [-0.25, -0.2) is 0 Å². The first-order chi connectivity index (χ1) is 5.91. The number of amides is 1. The Kier molecular flexibility index (Phi) is 2.80. The van der Waals surface area contributed by atoms with Gasteiger partial charge >= 0.3 is 12.1 Å². The van der Waals surface area contributed by atoms with Crippen molar-refractivity contribution >= 4 is 5.91 Å². The molecule has 1 aliphatic heterocycles. The van der Waals surface area contributed by atoms with E-state index in [1.165, 1.54) is 0 Å². The molecule has 0 N–H and O–H groups in total. The number of nitrogens with zero attached hydrogens (tertiary/aromatic N) is 1. The van der Waals surface area contributed by atoms with Crippen molar-refractivity contribution in [2.75, 3.05) is 19.7 Å². The van der Waals surface area contributed by atoms with Gasteiger partial charge in [0.2, 0.25) is 0 Å². The summed E-state index contributed by atoms with van der Waals surface area (Å²) in [6.45, 7) is 1.83. The normalized spacial score (nSPS) is 24.6. The lowest BCUT2D eigenvalue weighted by Gasteiger charge is -2.31. The van der Waals surface area contributed by atoms with Crippen LogP contribution in [0, 0.1) is 0 Å². The maximum absolute atomic E-state index is 11.9. The summed E-state index contributed by atoms with van der Waals surface area (Å²) in [5.74, 6) is -1.78. The summed E-state index contributed by atoms with van der Waals surface area (Å²) in [6.07, 6.45) is -5.09. The molecule has 0 spiro atoms. The third-order valence-corrected chi connectivity index (χ3v) is 1.77. The van der Waals surface area contributed by atoms with E-state index in [2.05, 4.69) is 0 Å². The smallest absolute Gasteiger partial charge is 0.375 e. The quantitative estimate of drug-likeness (QED) is 0.574. The molecule has 0 aliphatic carbocycles. The van der Waals surface area contributed by atoms with Gasteiger partial charge in [0.15, 0.2) is 0 Å². The van der Waals surface area contributed by atoms with Crippen LogP contribution in [0.5, 0.6) is 0 Å². The summed E-state index contributed by atoms with van der Waals surface area (Å²) in [7, 11) is 0. The van der Waals surface area contributed by atoms with Crippen molar-refractivity contribution in [3.05, 3.63) is 0 Å². The van der Waals surface area contributed by atoms with Crippen molar-refractivity contribution in [3.63, 3.8) is 0 Å². The molecule has 0 aromatic heterocycles. The van der Waals surface area contributed by atoms with Crippen LogP contribution >= 0.6 is 0 Å². The topological polar surface area (TPSA) is 29.5 Å². The number of halogens is 3. The largest absolute Gasteiger partial charge is 0.471 e. The van der Waals surface area contributed by atoms with Gasteiger partial charge in [-0.3, -0.25) is 4.79 Å². The molecular formula is C7H10F3NO2. The van der Waals surface area contributed by atoms with Crippen LogP contribution in [0.2, 0.25) is 0 Å². The molecule has 0 bridgehead atoms. The zero-order valence-electron chi connectivity index (χ0n) is 7.10. The second-order valence-corrected chi connectivity index (χ2v) is 2.93. The molecule has 3 nitrogen and oxygen atoms in total. The van der Waals surface area contributed by atoms with Crippen LogP contribution in [0.4, 0.5) is 13.2 Å². The molecule has 1 saturated heterocycles. The third kappa shape index (κ3) is 2.58. The van der Waals surface area contributed by atoms with E-state index in [1.54, 1.807) is 6.92 Å². The summed E-state index contributed by atoms with van der Waals surface area (Å²) in [4.78, 5) is 11.5. The number of hydrogen-bond donors (Lipinski definition) is 0. The number of alkyl halides is 3. The lowest BCUT2D eigenvalue weighted by Crippen LogP contribution is -2.49. The number of carbonyl (C=O) groups excluding carboxylic acids is 1. The van der Waals surface area contributed by atoms with Crippen LogP contribution in [0.15, 0.2) is 0 Å². The van der Waals surface area contributed by atoms with Crippen molar-refractivity contribution in [1.29, 1.82) is 0 Å². The fraction of sp³-hybridized carbons (Fsp3) is 0.857. The minimum atomic E-state index is -4.77. The van der Waals surface area contributed by atoms with E-state index in [9.17, 15) is 18.0 Å². The number of morpholine rings is 1. The first-order valence-electron chi connectivity index (χ1n) is 3.89. The van der Waals surface area contributed by atoms with Gasteiger partial charge in [0.1, 0.15) is 0 Å². The number of ether oxygens (including phenoxy) is 1. The van der Waals surface area contributed by atoms with E-state index < -0.39 is 12.1 Å². The molecule has 1 rings (SSSR count). The molecule has 0 radical (unpaired) electrons. The van der Waals surface area contributed by atoms with Crippen molar-refractivity contribution < 1.29 is 22.7 Å². The Bertz CT molecular complexity index is 204. The second kappa shape index (κ2) is 3.53. The first kappa shape index (κ1) is 10.3. The van der Waals surface area contributed by atoms with Gasteiger partial charge in [-0.15, -0.1) is 0 Å². The van der Waals surface area contributed by atoms with Crippen molar-refractivity contribution in [2.24, 2.45) is 0 Å². The molecule has 6 heteroatoms. The Hall–Kier alpha value is -0.780. The van der Waals surface area contributed by atoms with E-state index in [4.69, 9.17) is 4.74 Å². The summed E-state index contributed by atoms with van der Waals surface area (Å²) >= 11 is 0. The van der Waals surface area contributed by atoms with Gasteiger partial charge in [-0.05, 0) is 6.92 Å². The van der Waals surface area contributed by atoms with E-state index >= 15 is 0 Å². The highest BCUT2D eigenvalue weighted by atomic mass is 19.4. The second-order valence-electron chi connectivity index (χ2n) is 2.93. The van der Waals surface area contributed by atoms with E-state index in [1.807, 2.05) is 0 Å².